The molecular formula is C16H28O2. The summed E-state index contributed by atoms with van der Waals surface area (Å²) in [5, 5.41) is 0. The van der Waals surface area contributed by atoms with Gasteiger partial charge in [-0.2, -0.15) is 0 Å². The molecule has 1 fully saturated rings. The van der Waals surface area contributed by atoms with Crippen LogP contribution in [-0.2, 0) is 9.53 Å². The minimum atomic E-state index is -0.268. The second-order valence-corrected chi connectivity index (χ2v) is 7.28. The quantitative estimate of drug-likeness (QED) is 0.551. The number of rotatable bonds is 3. The van der Waals surface area contributed by atoms with Crippen molar-refractivity contribution in [3.8, 4) is 0 Å². The predicted molar refractivity (Wildman–Crippen MR) is 75.3 cm³/mol. The Morgan fingerprint density at radius 1 is 1.17 bits per heavy atom. The highest BCUT2D eigenvalue weighted by molar-refractivity contribution is 5.86. The van der Waals surface area contributed by atoms with Crippen molar-refractivity contribution in [3.05, 3.63) is 12.2 Å². The van der Waals surface area contributed by atoms with Crippen LogP contribution >= 0.6 is 0 Å². The van der Waals surface area contributed by atoms with Crippen LogP contribution in [-0.4, -0.2) is 12.6 Å². The first-order valence-corrected chi connectivity index (χ1v) is 6.86. The average Bonchev–Trinajstić information content (AvgIpc) is 2.23. The van der Waals surface area contributed by atoms with Gasteiger partial charge >= 0.3 is 5.97 Å². The number of hydrogen-bond donors (Lipinski definition) is 0. The standard InChI is InChI=1S/C16H28O2/c1-12(2)13(17)18-11-16(7)10-8-9-14(3,4)15(16,5)6/h1,8-11H2,2-7H3. The van der Waals surface area contributed by atoms with Gasteiger partial charge in [0.2, 0.25) is 0 Å². The van der Waals surface area contributed by atoms with E-state index in [1.807, 2.05) is 0 Å². The number of hydrogen-bond acceptors (Lipinski definition) is 2. The minimum Gasteiger partial charge on any atom is -0.462 e. The predicted octanol–water partition coefficient (Wildman–Crippen LogP) is 4.35. The van der Waals surface area contributed by atoms with Crippen LogP contribution < -0.4 is 0 Å². The van der Waals surface area contributed by atoms with Crippen molar-refractivity contribution < 1.29 is 9.53 Å². The Morgan fingerprint density at radius 3 is 2.22 bits per heavy atom. The van der Waals surface area contributed by atoms with E-state index in [2.05, 4.69) is 41.2 Å². The molecule has 2 nitrogen and oxygen atoms in total. The highest BCUT2D eigenvalue weighted by Crippen LogP contribution is 2.59. The number of esters is 1. The molecule has 1 rings (SSSR count). The Hall–Kier alpha value is -0.790. The molecule has 1 saturated carbocycles. The van der Waals surface area contributed by atoms with Gasteiger partial charge in [-0.25, -0.2) is 4.79 Å². The van der Waals surface area contributed by atoms with E-state index >= 15 is 0 Å². The average molecular weight is 252 g/mol. The molecule has 0 aliphatic heterocycles. The number of carbonyl (C=O) groups is 1. The Balaban J connectivity index is 2.84. The van der Waals surface area contributed by atoms with E-state index in [1.165, 1.54) is 12.8 Å². The third kappa shape index (κ3) is 2.48. The first-order valence-electron chi connectivity index (χ1n) is 6.86. The molecule has 1 aliphatic carbocycles. The maximum Gasteiger partial charge on any atom is 0.333 e. The topological polar surface area (TPSA) is 26.3 Å². The van der Waals surface area contributed by atoms with Gasteiger partial charge in [-0.1, -0.05) is 47.6 Å². The smallest absolute Gasteiger partial charge is 0.333 e. The van der Waals surface area contributed by atoms with E-state index in [0.717, 1.165) is 6.42 Å². The molecule has 0 aromatic rings. The van der Waals surface area contributed by atoms with Gasteiger partial charge in [-0.15, -0.1) is 0 Å². The van der Waals surface area contributed by atoms with Crippen molar-refractivity contribution in [2.75, 3.05) is 6.61 Å². The second kappa shape index (κ2) is 4.71. The van der Waals surface area contributed by atoms with Crippen LogP contribution in [0.4, 0.5) is 0 Å². The maximum atomic E-state index is 11.6. The van der Waals surface area contributed by atoms with Crippen LogP contribution in [0.15, 0.2) is 12.2 Å². The molecule has 0 bridgehead atoms. The van der Waals surface area contributed by atoms with E-state index in [1.54, 1.807) is 6.92 Å². The van der Waals surface area contributed by atoms with E-state index in [0.29, 0.717) is 12.2 Å². The molecule has 1 atom stereocenters. The normalized spacial score (nSPS) is 29.7. The van der Waals surface area contributed by atoms with Crippen molar-refractivity contribution in [1.82, 2.24) is 0 Å². The number of carbonyl (C=O) groups excluding carboxylic acids is 1. The van der Waals surface area contributed by atoms with Crippen molar-refractivity contribution in [3.63, 3.8) is 0 Å². The Kier molecular flexibility index (Phi) is 4.00. The molecule has 0 N–H and O–H groups in total. The summed E-state index contributed by atoms with van der Waals surface area (Å²) >= 11 is 0. The van der Waals surface area contributed by atoms with Crippen LogP contribution in [0.1, 0.15) is 60.8 Å². The zero-order valence-corrected chi connectivity index (χ0v) is 12.9. The molecule has 0 spiro atoms. The monoisotopic (exact) mass is 252 g/mol. The Bertz CT molecular complexity index is 352. The van der Waals surface area contributed by atoms with Crippen molar-refractivity contribution in [1.29, 1.82) is 0 Å². The molecular weight excluding hydrogens is 224 g/mol. The van der Waals surface area contributed by atoms with Gasteiger partial charge in [-0.3, -0.25) is 0 Å². The van der Waals surface area contributed by atoms with Gasteiger partial charge in [-0.05, 0) is 30.6 Å². The fourth-order valence-electron chi connectivity index (χ4n) is 2.96. The molecule has 104 valence electrons. The summed E-state index contributed by atoms with van der Waals surface area (Å²) in [5.74, 6) is -0.268. The third-order valence-corrected chi connectivity index (χ3v) is 5.60. The van der Waals surface area contributed by atoms with Crippen LogP contribution in [0.25, 0.3) is 0 Å². The lowest BCUT2D eigenvalue weighted by atomic mass is 9.48. The highest BCUT2D eigenvalue weighted by atomic mass is 16.5. The van der Waals surface area contributed by atoms with Gasteiger partial charge in [0.15, 0.2) is 0 Å². The molecule has 0 amide bonds. The summed E-state index contributed by atoms with van der Waals surface area (Å²) in [6.07, 6.45) is 3.56. The molecule has 0 radical (unpaired) electrons. The summed E-state index contributed by atoms with van der Waals surface area (Å²) in [7, 11) is 0. The summed E-state index contributed by atoms with van der Waals surface area (Å²) < 4.78 is 5.44. The molecule has 1 unspecified atom stereocenters. The largest absolute Gasteiger partial charge is 0.462 e. The SMILES string of the molecule is C=C(C)C(=O)OCC1(C)CCCC(C)(C)C1(C)C. The van der Waals surface area contributed by atoms with E-state index in [4.69, 9.17) is 4.74 Å². The summed E-state index contributed by atoms with van der Waals surface area (Å²) in [6, 6.07) is 0. The van der Waals surface area contributed by atoms with Crippen molar-refractivity contribution >= 4 is 5.97 Å². The fraction of sp³-hybridized carbons (Fsp3) is 0.812. The molecule has 18 heavy (non-hydrogen) atoms. The lowest BCUT2D eigenvalue weighted by molar-refractivity contribution is -0.155. The highest BCUT2D eigenvalue weighted by Gasteiger charge is 2.53. The molecule has 1 aliphatic rings. The van der Waals surface area contributed by atoms with Gasteiger partial charge in [0.05, 0.1) is 6.61 Å². The van der Waals surface area contributed by atoms with Gasteiger partial charge in [0.1, 0.15) is 0 Å². The Labute approximate surface area is 112 Å². The second-order valence-electron chi connectivity index (χ2n) is 7.28. The molecule has 0 heterocycles. The first-order chi connectivity index (χ1) is 8.03. The molecule has 2 heteroatoms. The first kappa shape index (κ1) is 15.3. The van der Waals surface area contributed by atoms with Crippen LogP contribution in [0.2, 0.25) is 0 Å². The van der Waals surface area contributed by atoms with Crippen LogP contribution in [0.5, 0.6) is 0 Å². The molecule has 0 saturated heterocycles. The van der Waals surface area contributed by atoms with Gasteiger partial charge < -0.3 is 4.74 Å². The van der Waals surface area contributed by atoms with E-state index in [9.17, 15) is 4.79 Å². The fourth-order valence-corrected chi connectivity index (χ4v) is 2.96. The van der Waals surface area contributed by atoms with E-state index in [-0.39, 0.29) is 22.2 Å². The van der Waals surface area contributed by atoms with E-state index < -0.39 is 0 Å². The summed E-state index contributed by atoms with van der Waals surface area (Å²) in [4.78, 5) is 11.6. The van der Waals surface area contributed by atoms with Crippen molar-refractivity contribution in [2.24, 2.45) is 16.2 Å². The third-order valence-electron chi connectivity index (χ3n) is 5.60. The maximum absolute atomic E-state index is 11.6. The number of ether oxygens (including phenoxy) is 1. The Morgan fingerprint density at radius 2 is 1.72 bits per heavy atom. The van der Waals surface area contributed by atoms with Gasteiger partial charge in [0, 0.05) is 11.0 Å². The van der Waals surface area contributed by atoms with Gasteiger partial charge in [0.25, 0.3) is 0 Å². The zero-order valence-electron chi connectivity index (χ0n) is 12.9. The minimum absolute atomic E-state index is 0.0415. The van der Waals surface area contributed by atoms with Crippen LogP contribution in [0.3, 0.4) is 0 Å². The molecule has 0 aromatic heterocycles. The lowest BCUT2D eigenvalue weighted by Crippen LogP contribution is -2.51. The summed E-state index contributed by atoms with van der Waals surface area (Å²) in [6.45, 7) is 17.3. The van der Waals surface area contributed by atoms with Crippen molar-refractivity contribution in [2.45, 2.75) is 60.8 Å². The zero-order chi connectivity index (χ0) is 14.2. The summed E-state index contributed by atoms with van der Waals surface area (Å²) in [5.41, 5.74) is 0.940. The lowest BCUT2D eigenvalue weighted by Gasteiger charge is -2.57. The molecule has 0 aromatic carbocycles. The van der Waals surface area contributed by atoms with Crippen LogP contribution in [0, 0.1) is 16.2 Å².